The lowest BCUT2D eigenvalue weighted by atomic mass is 9.79. The third-order valence-corrected chi connectivity index (χ3v) is 5.55. The van der Waals surface area contributed by atoms with Gasteiger partial charge in [-0.1, -0.05) is 19.3 Å². The SMILES string of the molecule is CNC1(CCNC(C)c2nc(C)cs2)CCCCC1. The largest absolute Gasteiger partial charge is 0.314 e. The third-order valence-electron chi connectivity index (χ3n) is 4.40. The average molecular weight is 281 g/mol. The molecule has 1 aromatic heterocycles. The molecule has 2 rings (SSSR count). The van der Waals surface area contributed by atoms with Crippen LogP contribution in [0.25, 0.3) is 0 Å². The van der Waals surface area contributed by atoms with Crippen LogP contribution in [0.3, 0.4) is 0 Å². The molecular formula is C15H27N3S. The first-order valence-corrected chi connectivity index (χ1v) is 8.37. The molecule has 1 aromatic rings. The molecule has 0 radical (unpaired) electrons. The van der Waals surface area contributed by atoms with Crippen molar-refractivity contribution in [2.75, 3.05) is 13.6 Å². The highest BCUT2D eigenvalue weighted by molar-refractivity contribution is 7.09. The van der Waals surface area contributed by atoms with Crippen molar-refractivity contribution in [3.63, 3.8) is 0 Å². The second kappa shape index (κ2) is 6.82. The van der Waals surface area contributed by atoms with Crippen LogP contribution in [-0.2, 0) is 0 Å². The molecule has 1 aliphatic rings. The second-order valence-electron chi connectivity index (χ2n) is 5.84. The Morgan fingerprint density at radius 1 is 1.37 bits per heavy atom. The molecule has 0 spiro atoms. The van der Waals surface area contributed by atoms with Crippen molar-refractivity contribution in [3.05, 3.63) is 16.1 Å². The van der Waals surface area contributed by atoms with Crippen LogP contribution in [-0.4, -0.2) is 24.1 Å². The van der Waals surface area contributed by atoms with E-state index >= 15 is 0 Å². The standard InChI is InChI=1S/C15H27N3S/c1-12-11-19-14(18-12)13(2)17-10-9-15(16-3)7-5-4-6-8-15/h11,13,16-17H,4-10H2,1-3H3. The zero-order valence-corrected chi connectivity index (χ0v) is 13.3. The van der Waals surface area contributed by atoms with Crippen LogP contribution < -0.4 is 10.6 Å². The molecule has 0 amide bonds. The van der Waals surface area contributed by atoms with Crippen LogP contribution in [0.1, 0.15) is 62.2 Å². The van der Waals surface area contributed by atoms with Gasteiger partial charge < -0.3 is 10.6 Å². The van der Waals surface area contributed by atoms with Crippen molar-refractivity contribution in [2.24, 2.45) is 0 Å². The van der Waals surface area contributed by atoms with Gasteiger partial charge in [-0.25, -0.2) is 4.98 Å². The normalized spacial score (nSPS) is 20.4. The summed E-state index contributed by atoms with van der Waals surface area (Å²) in [7, 11) is 2.12. The van der Waals surface area contributed by atoms with E-state index in [0.717, 1.165) is 12.2 Å². The van der Waals surface area contributed by atoms with Crippen LogP contribution in [0.5, 0.6) is 0 Å². The summed E-state index contributed by atoms with van der Waals surface area (Å²) >= 11 is 1.76. The Hall–Kier alpha value is -0.450. The number of rotatable bonds is 6. The minimum absolute atomic E-state index is 0.371. The number of aryl methyl sites for hydroxylation is 1. The van der Waals surface area contributed by atoms with Crippen LogP contribution in [0.4, 0.5) is 0 Å². The number of hydrogen-bond donors (Lipinski definition) is 2. The molecule has 0 saturated heterocycles. The van der Waals surface area contributed by atoms with Gasteiger partial charge in [0, 0.05) is 16.6 Å². The van der Waals surface area contributed by atoms with Gasteiger partial charge in [-0.3, -0.25) is 0 Å². The van der Waals surface area contributed by atoms with E-state index in [4.69, 9.17) is 0 Å². The molecule has 3 nitrogen and oxygen atoms in total. The monoisotopic (exact) mass is 281 g/mol. The second-order valence-corrected chi connectivity index (χ2v) is 6.73. The molecular weight excluding hydrogens is 254 g/mol. The van der Waals surface area contributed by atoms with E-state index in [9.17, 15) is 0 Å². The smallest absolute Gasteiger partial charge is 0.110 e. The van der Waals surface area contributed by atoms with Gasteiger partial charge in [0.05, 0.1) is 6.04 Å². The highest BCUT2D eigenvalue weighted by Crippen LogP contribution is 2.30. The molecule has 2 N–H and O–H groups in total. The highest BCUT2D eigenvalue weighted by atomic mass is 32.1. The number of nitrogens with one attached hydrogen (secondary N) is 2. The quantitative estimate of drug-likeness (QED) is 0.839. The fourth-order valence-corrected chi connectivity index (χ4v) is 3.87. The van der Waals surface area contributed by atoms with E-state index in [-0.39, 0.29) is 0 Å². The minimum atomic E-state index is 0.371. The van der Waals surface area contributed by atoms with Crippen LogP contribution >= 0.6 is 11.3 Å². The molecule has 0 aliphatic heterocycles. The summed E-state index contributed by atoms with van der Waals surface area (Å²) in [6, 6.07) is 0.371. The van der Waals surface area contributed by atoms with Gasteiger partial charge in [-0.2, -0.15) is 0 Å². The Labute approximate surface area is 121 Å². The maximum atomic E-state index is 4.55. The van der Waals surface area contributed by atoms with Crippen molar-refractivity contribution in [3.8, 4) is 0 Å². The summed E-state index contributed by atoms with van der Waals surface area (Å²) in [4.78, 5) is 4.55. The maximum absolute atomic E-state index is 4.55. The lowest BCUT2D eigenvalue weighted by Crippen LogP contribution is -2.46. The van der Waals surface area contributed by atoms with Crippen molar-refractivity contribution < 1.29 is 0 Å². The first-order chi connectivity index (χ1) is 9.15. The van der Waals surface area contributed by atoms with Crippen molar-refractivity contribution in [2.45, 2.75) is 64.0 Å². The molecule has 1 saturated carbocycles. The summed E-state index contributed by atoms with van der Waals surface area (Å²) in [6.07, 6.45) is 8.04. The third kappa shape index (κ3) is 4.01. The van der Waals surface area contributed by atoms with Crippen molar-refractivity contribution >= 4 is 11.3 Å². The lowest BCUT2D eigenvalue weighted by molar-refractivity contribution is 0.226. The number of nitrogens with zero attached hydrogens (tertiary/aromatic N) is 1. The van der Waals surface area contributed by atoms with Gasteiger partial charge in [0.1, 0.15) is 5.01 Å². The minimum Gasteiger partial charge on any atom is -0.314 e. The summed E-state index contributed by atoms with van der Waals surface area (Å²) in [6.45, 7) is 5.34. The Balaban J connectivity index is 1.78. The Bertz CT molecular complexity index is 382. The maximum Gasteiger partial charge on any atom is 0.110 e. The predicted molar refractivity (Wildman–Crippen MR) is 82.8 cm³/mol. The molecule has 108 valence electrons. The summed E-state index contributed by atoms with van der Waals surface area (Å²) in [5, 5.41) is 10.5. The molecule has 0 aromatic carbocycles. The summed E-state index contributed by atoms with van der Waals surface area (Å²) in [5.74, 6) is 0. The number of thiazole rings is 1. The topological polar surface area (TPSA) is 37.0 Å². The molecule has 1 fully saturated rings. The Kier molecular flexibility index (Phi) is 5.37. The van der Waals surface area contributed by atoms with Gasteiger partial charge in [-0.05, 0) is 46.7 Å². The molecule has 4 heteroatoms. The zero-order chi connectivity index (χ0) is 13.7. The van der Waals surface area contributed by atoms with Crippen LogP contribution in [0.2, 0.25) is 0 Å². The fraction of sp³-hybridized carbons (Fsp3) is 0.800. The zero-order valence-electron chi connectivity index (χ0n) is 12.5. The molecule has 0 bridgehead atoms. The molecule has 1 atom stereocenters. The predicted octanol–water partition coefficient (Wildman–Crippen LogP) is 3.41. The van der Waals surface area contributed by atoms with Gasteiger partial charge in [0.2, 0.25) is 0 Å². The summed E-state index contributed by atoms with van der Waals surface area (Å²) < 4.78 is 0. The van der Waals surface area contributed by atoms with Crippen molar-refractivity contribution in [1.82, 2.24) is 15.6 Å². The van der Waals surface area contributed by atoms with Crippen LogP contribution in [0.15, 0.2) is 5.38 Å². The van der Waals surface area contributed by atoms with Gasteiger partial charge in [-0.15, -0.1) is 11.3 Å². The molecule has 1 aliphatic carbocycles. The van der Waals surface area contributed by atoms with Gasteiger partial charge >= 0.3 is 0 Å². The highest BCUT2D eigenvalue weighted by Gasteiger charge is 2.29. The fourth-order valence-electron chi connectivity index (χ4n) is 3.04. The number of hydrogen-bond acceptors (Lipinski definition) is 4. The first-order valence-electron chi connectivity index (χ1n) is 7.49. The van der Waals surface area contributed by atoms with E-state index < -0.39 is 0 Å². The van der Waals surface area contributed by atoms with E-state index in [1.807, 2.05) is 0 Å². The van der Waals surface area contributed by atoms with Gasteiger partial charge in [0.25, 0.3) is 0 Å². The summed E-state index contributed by atoms with van der Waals surface area (Å²) in [5.41, 5.74) is 1.51. The lowest BCUT2D eigenvalue weighted by Gasteiger charge is -2.37. The van der Waals surface area contributed by atoms with Crippen molar-refractivity contribution in [1.29, 1.82) is 0 Å². The average Bonchev–Trinajstić information content (AvgIpc) is 2.86. The Morgan fingerprint density at radius 2 is 2.11 bits per heavy atom. The van der Waals surface area contributed by atoms with Crippen LogP contribution in [0, 0.1) is 6.92 Å². The number of aromatic nitrogens is 1. The Morgan fingerprint density at radius 3 is 2.68 bits per heavy atom. The van der Waals surface area contributed by atoms with E-state index in [2.05, 4.69) is 41.9 Å². The van der Waals surface area contributed by atoms with E-state index in [1.54, 1.807) is 11.3 Å². The van der Waals surface area contributed by atoms with E-state index in [0.29, 0.717) is 11.6 Å². The van der Waals surface area contributed by atoms with E-state index in [1.165, 1.54) is 43.5 Å². The molecule has 1 heterocycles. The molecule has 19 heavy (non-hydrogen) atoms. The van der Waals surface area contributed by atoms with Gasteiger partial charge in [0.15, 0.2) is 0 Å². The molecule has 1 unspecified atom stereocenters. The first kappa shape index (κ1) is 14.9.